The van der Waals surface area contributed by atoms with Crippen molar-refractivity contribution >= 4 is 34.8 Å². The van der Waals surface area contributed by atoms with Gasteiger partial charge < -0.3 is 24.4 Å². The monoisotopic (exact) mass is 557 g/mol. The average molecular weight is 558 g/mol. The Balaban J connectivity index is 1.39. The van der Waals surface area contributed by atoms with Crippen molar-refractivity contribution in [2.24, 2.45) is 5.92 Å². The van der Waals surface area contributed by atoms with Crippen molar-refractivity contribution in [1.29, 1.82) is 0 Å². The van der Waals surface area contributed by atoms with Crippen molar-refractivity contribution in [1.82, 2.24) is 10.2 Å². The Bertz CT molecular complexity index is 1270. The lowest BCUT2D eigenvalue weighted by molar-refractivity contribution is -0.384. The number of nitrogens with zero attached hydrogens (tertiary/aromatic N) is 2. The van der Waals surface area contributed by atoms with Gasteiger partial charge in [-0.15, -0.1) is 0 Å². The average Bonchev–Trinajstić information content (AvgIpc) is 3.26. The highest BCUT2D eigenvalue weighted by atomic mass is 32.2. The van der Waals surface area contributed by atoms with E-state index in [1.165, 1.54) is 36.1 Å². The van der Waals surface area contributed by atoms with Gasteiger partial charge in [-0.1, -0.05) is 30.3 Å². The van der Waals surface area contributed by atoms with E-state index in [2.05, 4.69) is 5.32 Å². The first-order valence-electron chi connectivity index (χ1n) is 12.1. The van der Waals surface area contributed by atoms with E-state index in [1.807, 2.05) is 30.3 Å². The molecular weight excluding hydrogens is 530 g/mol. The topological polar surface area (TPSA) is 171 Å². The number of aliphatic hydroxyl groups excluding tert-OH is 1. The molecule has 0 aromatic heterocycles. The van der Waals surface area contributed by atoms with Gasteiger partial charge in [0.1, 0.15) is 19.0 Å². The number of carbonyl (C=O) groups excluding carboxylic acids is 3. The molecule has 2 heterocycles. The number of non-ortho nitro benzene ring substituents is 1. The molecule has 39 heavy (non-hydrogen) atoms. The molecule has 2 aromatic carbocycles. The predicted octanol–water partition coefficient (Wildman–Crippen LogP) is 2.14. The van der Waals surface area contributed by atoms with Crippen molar-refractivity contribution in [3.8, 4) is 0 Å². The fourth-order valence-corrected chi connectivity index (χ4v) is 5.79. The summed E-state index contributed by atoms with van der Waals surface area (Å²) < 4.78 is 23.7. The van der Waals surface area contributed by atoms with Crippen LogP contribution >= 0.6 is 0 Å². The number of ether oxygens (including phenoxy) is 2. The number of esters is 1. The quantitative estimate of drug-likeness (QED) is 0.138. The summed E-state index contributed by atoms with van der Waals surface area (Å²) in [5, 5.41) is 23.4. The van der Waals surface area contributed by atoms with Gasteiger partial charge in [0.05, 0.1) is 29.5 Å². The van der Waals surface area contributed by atoms with E-state index in [-0.39, 0.29) is 48.2 Å². The van der Waals surface area contributed by atoms with E-state index >= 15 is 0 Å². The zero-order valence-electron chi connectivity index (χ0n) is 21.0. The molecule has 0 spiro atoms. The van der Waals surface area contributed by atoms with Gasteiger partial charge in [0.25, 0.3) is 5.69 Å². The van der Waals surface area contributed by atoms with Gasteiger partial charge in [0.2, 0.25) is 5.91 Å². The van der Waals surface area contributed by atoms with E-state index < -0.39 is 52.1 Å². The summed E-state index contributed by atoms with van der Waals surface area (Å²) in [5.74, 6) is -2.11. The van der Waals surface area contributed by atoms with Crippen LogP contribution in [0.4, 0.5) is 10.5 Å². The van der Waals surface area contributed by atoms with Crippen LogP contribution < -0.4 is 5.32 Å². The van der Waals surface area contributed by atoms with Crippen LogP contribution in [0.1, 0.15) is 24.5 Å². The first-order valence-corrected chi connectivity index (χ1v) is 13.5. The van der Waals surface area contributed by atoms with Gasteiger partial charge in [-0.25, -0.2) is 9.59 Å². The molecule has 12 nitrogen and oxygen atoms in total. The van der Waals surface area contributed by atoms with Gasteiger partial charge >= 0.3 is 12.1 Å². The van der Waals surface area contributed by atoms with Gasteiger partial charge in [-0.3, -0.25) is 19.8 Å². The van der Waals surface area contributed by atoms with E-state index in [4.69, 9.17) is 9.47 Å². The SMILES string of the molecule is CC(O)C1C(=O)N2C(C(=O)OCc3ccc([N+](=O)[O-])cc3)=C([S+]([O-])CCNC(=O)OCc3ccccc3)CC12. The number of nitrogens with one attached hydrogen (secondary N) is 1. The van der Waals surface area contributed by atoms with Crippen molar-refractivity contribution in [2.75, 3.05) is 12.3 Å². The van der Waals surface area contributed by atoms with Crippen molar-refractivity contribution < 1.29 is 38.4 Å². The maximum atomic E-state index is 13.2. The molecule has 4 atom stereocenters. The lowest BCUT2D eigenvalue weighted by atomic mass is 9.83. The van der Waals surface area contributed by atoms with Crippen molar-refractivity contribution in [2.45, 2.75) is 38.7 Å². The molecule has 0 aliphatic carbocycles. The molecule has 0 bridgehead atoms. The van der Waals surface area contributed by atoms with E-state index in [9.17, 15) is 34.2 Å². The van der Waals surface area contributed by atoms with Gasteiger partial charge in [0, 0.05) is 18.6 Å². The third-order valence-electron chi connectivity index (χ3n) is 6.44. The summed E-state index contributed by atoms with van der Waals surface area (Å²) in [4.78, 5) is 49.5. The number of β-lactam (4-membered cyclic amide) rings is 1. The van der Waals surface area contributed by atoms with Crippen LogP contribution in [-0.2, 0) is 43.5 Å². The Morgan fingerprint density at radius 2 is 1.77 bits per heavy atom. The van der Waals surface area contributed by atoms with Gasteiger partial charge in [0.15, 0.2) is 10.6 Å². The molecule has 13 heteroatoms. The van der Waals surface area contributed by atoms with Crippen molar-refractivity contribution in [3.63, 3.8) is 0 Å². The molecule has 4 rings (SSSR count). The lowest BCUT2D eigenvalue weighted by Gasteiger charge is -2.44. The number of carbonyl (C=O) groups is 3. The Morgan fingerprint density at radius 3 is 2.41 bits per heavy atom. The van der Waals surface area contributed by atoms with Crippen LogP contribution in [0.3, 0.4) is 0 Å². The van der Waals surface area contributed by atoms with Crippen LogP contribution in [0.5, 0.6) is 0 Å². The largest absolute Gasteiger partial charge is 0.612 e. The summed E-state index contributed by atoms with van der Waals surface area (Å²) in [6.45, 7) is 1.33. The fourth-order valence-electron chi connectivity index (χ4n) is 4.50. The van der Waals surface area contributed by atoms with Crippen LogP contribution in [0.25, 0.3) is 0 Å². The van der Waals surface area contributed by atoms with Crippen LogP contribution in [0.2, 0.25) is 0 Å². The molecule has 0 radical (unpaired) electrons. The number of benzene rings is 2. The third kappa shape index (κ3) is 6.38. The standard InChI is InChI=1S/C26H27N3O9S/c1-16(30)22-20-13-21(39(36)12-11-27-26(33)38-15-17-5-3-2-4-6-17)23(28(20)24(22)31)25(32)37-14-18-7-9-19(10-8-18)29(34)35/h2-10,16,20,22,30H,11-15H2,1H3,(H,27,33). The Hall–Kier alpha value is -3.94. The fraction of sp³-hybridized carbons (Fsp3) is 0.346. The molecule has 0 saturated carbocycles. The first-order chi connectivity index (χ1) is 18.7. The summed E-state index contributed by atoms with van der Waals surface area (Å²) in [6, 6.07) is 14.0. The predicted molar refractivity (Wildman–Crippen MR) is 138 cm³/mol. The third-order valence-corrected chi connectivity index (χ3v) is 7.93. The number of alkyl carbamates (subject to hydrolysis) is 1. The summed E-state index contributed by atoms with van der Waals surface area (Å²) in [7, 11) is 0. The number of aliphatic hydroxyl groups is 1. The molecule has 2 N–H and O–H groups in total. The summed E-state index contributed by atoms with van der Waals surface area (Å²) in [5.41, 5.74) is 1.05. The number of nitro benzene ring substituents is 1. The molecule has 2 aliphatic rings. The highest BCUT2D eigenvalue weighted by Crippen LogP contribution is 2.45. The zero-order valence-corrected chi connectivity index (χ0v) is 21.8. The highest BCUT2D eigenvalue weighted by Gasteiger charge is 2.59. The molecule has 2 aromatic rings. The number of fused-ring (bicyclic) bond motifs is 1. The smallest absolute Gasteiger partial charge is 0.407 e. The lowest BCUT2D eigenvalue weighted by Crippen LogP contribution is -2.61. The minimum absolute atomic E-state index is 0.00665. The Morgan fingerprint density at radius 1 is 1.13 bits per heavy atom. The minimum Gasteiger partial charge on any atom is -0.612 e. The Labute approximate surface area is 226 Å². The number of amides is 2. The minimum atomic E-state index is -1.75. The van der Waals surface area contributed by atoms with E-state index in [0.29, 0.717) is 5.56 Å². The molecule has 4 unspecified atom stereocenters. The number of hydrogen-bond donors (Lipinski definition) is 2. The number of nitro groups is 1. The summed E-state index contributed by atoms with van der Waals surface area (Å²) >= 11 is -1.75. The molecule has 206 valence electrons. The van der Waals surface area contributed by atoms with Gasteiger partial charge in [-0.2, -0.15) is 0 Å². The second kappa shape index (κ2) is 12.3. The highest BCUT2D eigenvalue weighted by molar-refractivity contribution is 7.95. The summed E-state index contributed by atoms with van der Waals surface area (Å²) in [6.07, 6.45) is -1.52. The molecule has 1 saturated heterocycles. The van der Waals surface area contributed by atoms with Crippen LogP contribution in [0.15, 0.2) is 65.2 Å². The number of rotatable bonds is 11. The van der Waals surface area contributed by atoms with Crippen LogP contribution in [-0.4, -0.2) is 61.9 Å². The van der Waals surface area contributed by atoms with Crippen LogP contribution in [0, 0.1) is 16.0 Å². The second-order valence-corrected chi connectivity index (χ2v) is 10.6. The first kappa shape index (κ1) is 28.1. The second-order valence-electron chi connectivity index (χ2n) is 9.06. The maximum absolute atomic E-state index is 13.2. The van der Waals surface area contributed by atoms with Gasteiger partial charge in [-0.05, 0) is 41.4 Å². The molecule has 1 fully saturated rings. The Kier molecular flexibility index (Phi) is 8.84. The van der Waals surface area contributed by atoms with E-state index in [0.717, 1.165) is 5.56 Å². The zero-order chi connectivity index (χ0) is 28.1. The molecule has 2 amide bonds. The van der Waals surface area contributed by atoms with E-state index in [1.54, 1.807) is 0 Å². The normalized spacial score (nSPS) is 19.6. The molecular formula is C26H27N3O9S. The van der Waals surface area contributed by atoms with Crippen molar-refractivity contribution in [3.05, 3.63) is 86.4 Å². The maximum Gasteiger partial charge on any atom is 0.407 e. The number of hydrogen-bond acceptors (Lipinski definition) is 9. The molecule has 2 aliphatic heterocycles.